The molecule has 0 heterocycles. The lowest BCUT2D eigenvalue weighted by molar-refractivity contribution is -0.121. The molecular weight excluding hydrogens is 292 g/mol. The lowest BCUT2D eigenvalue weighted by Crippen LogP contribution is -2.34. The van der Waals surface area contributed by atoms with Crippen molar-refractivity contribution >= 4 is 17.5 Å². The predicted molar refractivity (Wildman–Crippen MR) is 83.7 cm³/mol. The molecule has 0 aromatic heterocycles. The van der Waals surface area contributed by atoms with Crippen LogP contribution in [0, 0.1) is 0 Å². The number of halogens is 1. The molecule has 0 bridgehead atoms. The summed E-state index contributed by atoms with van der Waals surface area (Å²) in [6.45, 7) is 3.75. The fraction of sp³-hybridized carbons (Fsp3) is 0.533. The molecular formula is C15H23ClN2O3. The molecule has 6 heteroatoms. The van der Waals surface area contributed by atoms with E-state index in [4.69, 9.17) is 16.3 Å². The van der Waals surface area contributed by atoms with Crippen LogP contribution in [0.25, 0.3) is 0 Å². The van der Waals surface area contributed by atoms with Gasteiger partial charge in [-0.2, -0.15) is 0 Å². The highest BCUT2D eigenvalue weighted by Gasteiger charge is 2.07. The van der Waals surface area contributed by atoms with Crippen LogP contribution in [0.1, 0.15) is 19.8 Å². The summed E-state index contributed by atoms with van der Waals surface area (Å²) in [5, 5.41) is 16.1. The fourth-order valence-electron chi connectivity index (χ4n) is 1.63. The third-order valence-electron chi connectivity index (χ3n) is 2.75. The SMILES string of the molecule is CCCNC(=O)CCNCC(O)COc1ccccc1Cl. The van der Waals surface area contributed by atoms with Crippen molar-refractivity contribution in [2.45, 2.75) is 25.9 Å². The molecule has 0 saturated carbocycles. The maximum absolute atomic E-state index is 11.3. The molecule has 0 aliphatic carbocycles. The number of ether oxygens (including phenoxy) is 1. The first-order chi connectivity index (χ1) is 10.1. The van der Waals surface area contributed by atoms with Gasteiger partial charge >= 0.3 is 0 Å². The van der Waals surface area contributed by atoms with Crippen LogP contribution in [0.3, 0.4) is 0 Å². The normalized spacial score (nSPS) is 12.0. The zero-order valence-electron chi connectivity index (χ0n) is 12.3. The number of aliphatic hydroxyl groups is 1. The summed E-state index contributed by atoms with van der Waals surface area (Å²) in [4.78, 5) is 11.3. The van der Waals surface area contributed by atoms with Crippen molar-refractivity contribution in [2.75, 3.05) is 26.2 Å². The average molecular weight is 315 g/mol. The summed E-state index contributed by atoms with van der Waals surface area (Å²) in [6.07, 6.45) is 0.676. The minimum atomic E-state index is -0.653. The maximum Gasteiger partial charge on any atom is 0.221 e. The van der Waals surface area contributed by atoms with Gasteiger partial charge in [-0.15, -0.1) is 0 Å². The van der Waals surface area contributed by atoms with Crippen LogP contribution in [0.2, 0.25) is 5.02 Å². The first kappa shape index (κ1) is 17.8. The quantitative estimate of drug-likeness (QED) is 0.574. The highest BCUT2D eigenvalue weighted by Crippen LogP contribution is 2.22. The third-order valence-corrected chi connectivity index (χ3v) is 3.06. The molecule has 0 fully saturated rings. The second-order valence-electron chi connectivity index (χ2n) is 4.70. The molecule has 21 heavy (non-hydrogen) atoms. The number of carbonyl (C=O) groups is 1. The first-order valence-corrected chi connectivity index (χ1v) is 7.54. The zero-order valence-corrected chi connectivity index (χ0v) is 13.0. The first-order valence-electron chi connectivity index (χ1n) is 7.16. The summed E-state index contributed by atoms with van der Waals surface area (Å²) in [5.41, 5.74) is 0. The molecule has 5 nitrogen and oxygen atoms in total. The predicted octanol–water partition coefficient (Wildman–Crippen LogP) is 1.59. The monoisotopic (exact) mass is 314 g/mol. The van der Waals surface area contributed by atoms with Crippen LogP contribution in [-0.4, -0.2) is 43.4 Å². The van der Waals surface area contributed by atoms with E-state index in [2.05, 4.69) is 10.6 Å². The largest absolute Gasteiger partial charge is 0.489 e. The van der Waals surface area contributed by atoms with Gasteiger partial charge in [-0.1, -0.05) is 30.7 Å². The van der Waals surface area contributed by atoms with E-state index in [0.717, 1.165) is 6.42 Å². The van der Waals surface area contributed by atoms with Crippen LogP contribution >= 0.6 is 11.6 Å². The molecule has 3 N–H and O–H groups in total. The standard InChI is InChI=1S/C15H23ClN2O3/c1-2-8-18-15(20)7-9-17-10-12(19)11-21-14-6-4-3-5-13(14)16/h3-6,12,17,19H,2,7-11H2,1H3,(H,18,20). The Kier molecular flexibility index (Phi) is 8.82. The van der Waals surface area contributed by atoms with E-state index >= 15 is 0 Å². The molecule has 118 valence electrons. The van der Waals surface area contributed by atoms with Gasteiger partial charge in [-0.3, -0.25) is 4.79 Å². The summed E-state index contributed by atoms with van der Waals surface area (Å²) in [7, 11) is 0. The van der Waals surface area contributed by atoms with Crippen LogP contribution in [0.15, 0.2) is 24.3 Å². The van der Waals surface area contributed by atoms with Gasteiger partial charge in [0.25, 0.3) is 0 Å². The molecule has 1 rings (SSSR count). The van der Waals surface area contributed by atoms with Crippen molar-refractivity contribution < 1.29 is 14.6 Å². The lowest BCUT2D eigenvalue weighted by atomic mass is 10.3. The van der Waals surface area contributed by atoms with Crippen molar-refractivity contribution in [2.24, 2.45) is 0 Å². The summed E-state index contributed by atoms with van der Waals surface area (Å²) >= 11 is 5.94. The molecule has 1 atom stereocenters. The summed E-state index contributed by atoms with van der Waals surface area (Å²) in [5.74, 6) is 0.573. The van der Waals surface area contributed by atoms with Crippen molar-refractivity contribution in [3.63, 3.8) is 0 Å². The van der Waals surface area contributed by atoms with E-state index in [1.54, 1.807) is 12.1 Å². The van der Waals surface area contributed by atoms with Gasteiger partial charge in [0.1, 0.15) is 18.5 Å². The molecule has 0 aliphatic heterocycles. The molecule has 0 spiro atoms. The van der Waals surface area contributed by atoms with Gasteiger partial charge in [0, 0.05) is 26.1 Å². The number of aliphatic hydroxyl groups excluding tert-OH is 1. The number of hydrogen-bond acceptors (Lipinski definition) is 4. The summed E-state index contributed by atoms with van der Waals surface area (Å²) < 4.78 is 5.43. The van der Waals surface area contributed by atoms with E-state index in [1.165, 1.54) is 0 Å². The van der Waals surface area contributed by atoms with E-state index in [-0.39, 0.29) is 12.5 Å². The van der Waals surface area contributed by atoms with Crippen molar-refractivity contribution in [1.29, 1.82) is 0 Å². The Morgan fingerprint density at radius 2 is 2.14 bits per heavy atom. The molecule has 0 aliphatic rings. The second-order valence-corrected chi connectivity index (χ2v) is 5.11. The Morgan fingerprint density at radius 1 is 1.38 bits per heavy atom. The van der Waals surface area contributed by atoms with Gasteiger partial charge in [0.15, 0.2) is 0 Å². The molecule has 0 radical (unpaired) electrons. The van der Waals surface area contributed by atoms with Gasteiger partial charge in [0.2, 0.25) is 5.91 Å². The molecule has 0 saturated heterocycles. The van der Waals surface area contributed by atoms with Crippen molar-refractivity contribution in [1.82, 2.24) is 10.6 Å². The van der Waals surface area contributed by atoms with Crippen molar-refractivity contribution in [3.8, 4) is 5.75 Å². The number of nitrogens with one attached hydrogen (secondary N) is 2. The average Bonchev–Trinajstić information content (AvgIpc) is 2.48. The van der Waals surface area contributed by atoms with Crippen LogP contribution < -0.4 is 15.4 Å². The lowest BCUT2D eigenvalue weighted by Gasteiger charge is -2.14. The number of rotatable bonds is 10. The number of carbonyl (C=O) groups excluding carboxylic acids is 1. The minimum Gasteiger partial charge on any atom is -0.489 e. The zero-order chi connectivity index (χ0) is 15.5. The Hall–Kier alpha value is -1.30. The van der Waals surface area contributed by atoms with Crippen LogP contribution in [0.5, 0.6) is 5.75 Å². The van der Waals surface area contributed by atoms with Gasteiger partial charge < -0.3 is 20.5 Å². The van der Waals surface area contributed by atoms with Crippen LogP contribution in [-0.2, 0) is 4.79 Å². The second kappa shape index (κ2) is 10.4. The van der Waals surface area contributed by atoms with Crippen LogP contribution in [0.4, 0.5) is 0 Å². The molecule has 1 aromatic rings. The Balaban J connectivity index is 2.10. The number of para-hydroxylation sites is 1. The fourth-order valence-corrected chi connectivity index (χ4v) is 1.82. The highest BCUT2D eigenvalue weighted by atomic mass is 35.5. The van der Waals surface area contributed by atoms with E-state index in [0.29, 0.717) is 36.8 Å². The molecule has 1 amide bonds. The highest BCUT2D eigenvalue weighted by molar-refractivity contribution is 6.32. The van der Waals surface area contributed by atoms with E-state index < -0.39 is 6.10 Å². The van der Waals surface area contributed by atoms with Gasteiger partial charge in [-0.05, 0) is 18.6 Å². The summed E-state index contributed by atoms with van der Waals surface area (Å²) in [6, 6.07) is 7.12. The third kappa shape index (κ3) is 7.90. The molecule has 1 aromatic carbocycles. The minimum absolute atomic E-state index is 0.0196. The Labute approximate surface area is 130 Å². The number of amides is 1. The maximum atomic E-state index is 11.3. The number of hydrogen-bond donors (Lipinski definition) is 3. The molecule has 1 unspecified atom stereocenters. The van der Waals surface area contributed by atoms with E-state index in [1.807, 2.05) is 19.1 Å². The van der Waals surface area contributed by atoms with Gasteiger partial charge in [-0.25, -0.2) is 0 Å². The Morgan fingerprint density at radius 3 is 2.86 bits per heavy atom. The smallest absolute Gasteiger partial charge is 0.221 e. The Bertz CT molecular complexity index is 429. The van der Waals surface area contributed by atoms with Crippen molar-refractivity contribution in [3.05, 3.63) is 29.3 Å². The number of benzene rings is 1. The van der Waals surface area contributed by atoms with Gasteiger partial charge in [0.05, 0.1) is 5.02 Å². The topological polar surface area (TPSA) is 70.6 Å². The van der Waals surface area contributed by atoms with E-state index in [9.17, 15) is 9.90 Å².